The molecule has 108 valence electrons. The molecule has 6 nitrogen and oxygen atoms in total. The molecule has 20 heavy (non-hydrogen) atoms. The van der Waals surface area contributed by atoms with Gasteiger partial charge in [0.2, 0.25) is 0 Å². The number of para-hydroxylation sites is 2. The zero-order valence-electron chi connectivity index (χ0n) is 11.5. The number of rotatable bonds is 4. The maximum Gasteiger partial charge on any atom is 0.390 e. The van der Waals surface area contributed by atoms with Gasteiger partial charge in [-0.25, -0.2) is 4.79 Å². The molecule has 0 bridgehead atoms. The van der Waals surface area contributed by atoms with Crippen LogP contribution in [0.2, 0.25) is 0 Å². The molecule has 1 N–H and O–H groups in total. The second-order valence-electron chi connectivity index (χ2n) is 4.39. The summed E-state index contributed by atoms with van der Waals surface area (Å²) in [6, 6.07) is 6.75. The summed E-state index contributed by atoms with van der Waals surface area (Å²) in [5, 5.41) is 10.3. The molecule has 1 aromatic rings. The first-order valence-corrected chi connectivity index (χ1v) is 6.54. The van der Waals surface area contributed by atoms with E-state index in [0.717, 1.165) is 0 Å². The van der Waals surface area contributed by atoms with Crippen LogP contribution in [0.15, 0.2) is 24.3 Å². The maximum absolute atomic E-state index is 12.4. The Morgan fingerprint density at radius 2 is 2.10 bits per heavy atom. The third-order valence-electron chi connectivity index (χ3n) is 2.95. The molecule has 6 heteroatoms. The Kier molecular flexibility index (Phi) is 3.94. The first-order chi connectivity index (χ1) is 9.54. The van der Waals surface area contributed by atoms with Crippen LogP contribution < -0.4 is 9.64 Å². The second-order valence-corrected chi connectivity index (χ2v) is 4.39. The predicted octanol–water partition coefficient (Wildman–Crippen LogP) is 1.07. The lowest BCUT2D eigenvalue weighted by atomic mass is 10.1. The molecule has 1 aliphatic rings. The van der Waals surface area contributed by atoms with Gasteiger partial charge in [0.25, 0.3) is 0 Å². The molecule has 0 fully saturated rings. The van der Waals surface area contributed by atoms with Crippen LogP contribution in [0.25, 0.3) is 0 Å². The average Bonchev–Trinajstić information content (AvgIpc) is 2.44. The van der Waals surface area contributed by atoms with Crippen LogP contribution >= 0.6 is 0 Å². The summed E-state index contributed by atoms with van der Waals surface area (Å²) in [6.45, 7) is 3.91. The van der Waals surface area contributed by atoms with Gasteiger partial charge in [0.1, 0.15) is 5.75 Å². The first-order valence-electron chi connectivity index (χ1n) is 6.54. The number of esters is 1. The summed E-state index contributed by atoms with van der Waals surface area (Å²) < 4.78 is 9.95. The van der Waals surface area contributed by atoms with Gasteiger partial charge in [0.05, 0.1) is 12.3 Å². The molecular formula is C14H17NO5. The Hall–Kier alpha value is -2.08. The number of hydrogen-bond acceptors (Lipinski definition) is 5. The van der Waals surface area contributed by atoms with Crippen LogP contribution in [0.5, 0.6) is 5.75 Å². The number of carbonyl (C=O) groups excluding carboxylic acids is 2. The number of ether oxygens (including phenoxy) is 2. The van der Waals surface area contributed by atoms with Crippen molar-refractivity contribution >= 4 is 17.6 Å². The smallest absolute Gasteiger partial charge is 0.390 e. The van der Waals surface area contributed by atoms with Crippen molar-refractivity contribution in [2.45, 2.75) is 26.1 Å². The van der Waals surface area contributed by atoms with Crippen LogP contribution in [-0.2, 0) is 14.3 Å². The molecule has 1 aromatic carbocycles. The van der Waals surface area contributed by atoms with Crippen LogP contribution in [0.1, 0.15) is 20.3 Å². The fourth-order valence-corrected chi connectivity index (χ4v) is 2.07. The molecule has 0 aliphatic carbocycles. The van der Waals surface area contributed by atoms with E-state index in [0.29, 0.717) is 18.7 Å². The molecule has 0 saturated heterocycles. The van der Waals surface area contributed by atoms with Crippen LogP contribution in [-0.4, -0.2) is 35.9 Å². The fraction of sp³-hybridized carbons (Fsp3) is 0.429. The van der Waals surface area contributed by atoms with Gasteiger partial charge in [0, 0.05) is 6.54 Å². The Morgan fingerprint density at radius 1 is 1.40 bits per heavy atom. The SMILES string of the molecule is CCCN1C(=O)C(O)(C(=O)OCC)Oc2ccccc21. The number of aliphatic hydroxyl groups is 1. The van der Waals surface area contributed by atoms with E-state index >= 15 is 0 Å². The highest BCUT2D eigenvalue weighted by atomic mass is 16.7. The number of hydrogen-bond donors (Lipinski definition) is 1. The molecule has 0 saturated carbocycles. The van der Waals surface area contributed by atoms with E-state index in [-0.39, 0.29) is 12.4 Å². The van der Waals surface area contributed by atoms with Gasteiger partial charge in [-0.3, -0.25) is 4.79 Å². The van der Waals surface area contributed by atoms with Crippen molar-refractivity contribution in [3.63, 3.8) is 0 Å². The second kappa shape index (κ2) is 5.50. The van der Waals surface area contributed by atoms with Crippen molar-refractivity contribution in [3.05, 3.63) is 24.3 Å². The van der Waals surface area contributed by atoms with E-state index in [1.807, 2.05) is 6.92 Å². The number of benzene rings is 1. The predicted molar refractivity (Wildman–Crippen MR) is 71.3 cm³/mol. The molecule has 1 aliphatic heterocycles. The number of fused-ring (bicyclic) bond motifs is 1. The summed E-state index contributed by atoms with van der Waals surface area (Å²) >= 11 is 0. The standard InChI is InChI=1S/C14H17NO5/c1-3-9-15-10-7-5-6-8-11(10)20-14(18,12(15)16)13(17)19-4-2/h5-8,18H,3-4,9H2,1-2H3. The van der Waals surface area contributed by atoms with E-state index < -0.39 is 17.7 Å². The molecule has 0 radical (unpaired) electrons. The molecular weight excluding hydrogens is 262 g/mol. The van der Waals surface area contributed by atoms with E-state index in [1.165, 1.54) is 4.90 Å². The van der Waals surface area contributed by atoms with Crippen molar-refractivity contribution in [1.29, 1.82) is 0 Å². The number of carbonyl (C=O) groups is 2. The fourth-order valence-electron chi connectivity index (χ4n) is 2.07. The molecule has 1 amide bonds. The average molecular weight is 279 g/mol. The summed E-state index contributed by atoms with van der Waals surface area (Å²) in [6.07, 6.45) is 0.680. The van der Waals surface area contributed by atoms with Crippen molar-refractivity contribution in [1.82, 2.24) is 0 Å². The van der Waals surface area contributed by atoms with Crippen LogP contribution in [0.3, 0.4) is 0 Å². The lowest BCUT2D eigenvalue weighted by Crippen LogP contribution is -2.61. The summed E-state index contributed by atoms with van der Waals surface area (Å²) in [7, 11) is 0. The minimum atomic E-state index is -2.61. The van der Waals surface area contributed by atoms with Gasteiger partial charge in [-0.15, -0.1) is 0 Å². The third kappa shape index (κ3) is 2.22. The van der Waals surface area contributed by atoms with Gasteiger partial charge >= 0.3 is 17.7 Å². The minimum Gasteiger partial charge on any atom is -0.461 e. The normalized spacial score (nSPS) is 21.1. The van der Waals surface area contributed by atoms with Crippen molar-refractivity contribution in [2.75, 3.05) is 18.1 Å². The third-order valence-corrected chi connectivity index (χ3v) is 2.95. The highest BCUT2D eigenvalue weighted by Gasteiger charge is 2.54. The largest absolute Gasteiger partial charge is 0.461 e. The minimum absolute atomic E-state index is 0.0488. The Bertz CT molecular complexity index is 530. The monoisotopic (exact) mass is 279 g/mol. The van der Waals surface area contributed by atoms with Crippen LogP contribution in [0.4, 0.5) is 5.69 Å². The molecule has 0 spiro atoms. The van der Waals surface area contributed by atoms with Crippen molar-refractivity contribution in [2.24, 2.45) is 0 Å². The van der Waals surface area contributed by atoms with Gasteiger partial charge in [-0.1, -0.05) is 19.1 Å². The zero-order chi connectivity index (χ0) is 14.8. The lowest BCUT2D eigenvalue weighted by molar-refractivity contribution is -0.202. The van der Waals surface area contributed by atoms with E-state index in [2.05, 4.69) is 0 Å². The summed E-state index contributed by atoms with van der Waals surface area (Å²) in [5.74, 6) is -4.26. The van der Waals surface area contributed by atoms with Crippen molar-refractivity contribution in [3.8, 4) is 5.75 Å². The van der Waals surface area contributed by atoms with Gasteiger partial charge < -0.3 is 19.5 Å². The first kappa shape index (κ1) is 14.3. The molecule has 2 rings (SSSR count). The van der Waals surface area contributed by atoms with E-state index in [1.54, 1.807) is 31.2 Å². The number of anilines is 1. The molecule has 1 atom stereocenters. The van der Waals surface area contributed by atoms with E-state index in [4.69, 9.17) is 9.47 Å². The number of nitrogens with zero attached hydrogens (tertiary/aromatic N) is 1. The highest BCUT2D eigenvalue weighted by Crippen LogP contribution is 2.37. The molecule has 1 unspecified atom stereocenters. The number of amides is 1. The Morgan fingerprint density at radius 3 is 2.75 bits per heavy atom. The lowest BCUT2D eigenvalue weighted by Gasteiger charge is -2.37. The summed E-state index contributed by atoms with van der Waals surface area (Å²) in [5.41, 5.74) is 0.535. The molecule has 0 aromatic heterocycles. The van der Waals surface area contributed by atoms with Crippen LogP contribution in [0, 0.1) is 0 Å². The van der Waals surface area contributed by atoms with Gasteiger partial charge in [-0.2, -0.15) is 0 Å². The van der Waals surface area contributed by atoms with Gasteiger partial charge in [0.15, 0.2) is 0 Å². The zero-order valence-corrected chi connectivity index (χ0v) is 11.5. The quantitative estimate of drug-likeness (QED) is 0.659. The highest BCUT2D eigenvalue weighted by molar-refractivity contribution is 6.13. The topological polar surface area (TPSA) is 76.1 Å². The molecule has 1 heterocycles. The maximum atomic E-state index is 12.4. The van der Waals surface area contributed by atoms with Crippen molar-refractivity contribution < 1.29 is 24.2 Å². The Balaban J connectivity index is 2.45. The summed E-state index contributed by atoms with van der Waals surface area (Å²) in [4.78, 5) is 25.6. The Labute approximate surface area is 116 Å². The van der Waals surface area contributed by atoms with Gasteiger partial charge in [-0.05, 0) is 25.5 Å². The van der Waals surface area contributed by atoms with E-state index in [9.17, 15) is 14.7 Å².